The number of nitrogens with two attached hydrogens (primary N) is 1. The molecule has 0 aromatic carbocycles. The molecule has 0 saturated carbocycles. The molecule has 0 aromatic heterocycles. The first-order valence-corrected chi connectivity index (χ1v) is 6.35. The van der Waals surface area contributed by atoms with E-state index in [2.05, 4.69) is 5.32 Å². The Morgan fingerprint density at radius 1 is 1.44 bits per heavy atom. The molecule has 1 aliphatic rings. The van der Waals surface area contributed by atoms with Gasteiger partial charge in [0.1, 0.15) is 6.04 Å². The smallest absolute Gasteiger partial charge is 0.240 e. The summed E-state index contributed by atoms with van der Waals surface area (Å²) in [6.07, 6.45) is 3.42. The molecule has 0 radical (unpaired) electrons. The molecule has 1 saturated heterocycles. The Bertz CT molecular complexity index is 331. The van der Waals surface area contributed by atoms with Gasteiger partial charge in [-0.05, 0) is 25.7 Å². The van der Waals surface area contributed by atoms with Gasteiger partial charge in [-0.25, -0.2) is 0 Å². The first kappa shape index (κ1) is 14.5. The highest BCUT2D eigenvalue weighted by atomic mass is 16.2. The minimum absolute atomic E-state index is 0.0145. The number of amides is 3. The molecular weight excluding hydrogens is 234 g/mol. The van der Waals surface area contributed by atoms with E-state index in [-0.39, 0.29) is 11.8 Å². The zero-order valence-corrected chi connectivity index (χ0v) is 10.8. The second kappa shape index (κ2) is 6.98. The highest BCUT2D eigenvalue weighted by molar-refractivity contribution is 5.87. The third-order valence-corrected chi connectivity index (χ3v) is 3.09. The molecule has 0 aromatic rings. The molecule has 0 aliphatic carbocycles. The standard InChI is InChI=1S/C12H21N3O3/c1-9(16)14-7-3-2-5-10(12(13)18)15-8-4-6-11(15)17/h10H,2-8H2,1H3,(H2,13,18)(H,14,16)/t10-/m0/s1. The van der Waals surface area contributed by atoms with E-state index < -0.39 is 11.9 Å². The van der Waals surface area contributed by atoms with Crippen LogP contribution in [0.15, 0.2) is 0 Å². The van der Waals surface area contributed by atoms with Gasteiger partial charge in [0.2, 0.25) is 17.7 Å². The van der Waals surface area contributed by atoms with Crippen LogP contribution >= 0.6 is 0 Å². The van der Waals surface area contributed by atoms with Crippen molar-refractivity contribution in [2.45, 2.75) is 45.1 Å². The summed E-state index contributed by atoms with van der Waals surface area (Å²) < 4.78 is 0. The molecule has 1 aliphatic heterocycles. The van der Waals surface area contributed by atoms with Crippen molar-refractivity contribution in [1.82, 2.24) is 10.2 Å². The van der Waals surface area contributed by atoms with Gasteiger partial charge in [0.15, 0.2) is 0 Å². The molecule has 3 N–H and O–H groups in total. The second-order valence-electron chi connectivity index (χ2n) is 4.59. The molecule has 18 heavy (non-hydrogen) atoms. The minimum Gasteiger partial charge on any atom is -0.368 e. The van der Waals surface area contributed by atoms with Gasteiger partial charge >= 0.3 is 0 Å². The van der Waals surface area contributed by atoms with Crippen LogP contribution in [0.3, 0.4) is 0 Å². The second-order valence-corrected chi connectivity index (χ2v) is 4.59. The molecule has 1 fully saturated rings. The van der Waals surface area contributed by atoms with Crippen LogP contribution in [0.4, 0.5) is 0 Å². The third kappa shape index (κ3) is 4.35. The van der Waals surface area contributed by atoms with Crippen molar-refractivity contribution in [2.75, 3.05) is 13.1 Å². The lowest BCUT2D eigenvalue weighted by atomic mass is 10.1. The predicted molar refractivity (Wildman–Crippen MR) is 66.5 cm³/mol. The van der Waals surface area contributed by atoms with Gasteiger partial charge in [0, 0.05) is 26.4 Å². The average Bonchev–Trinajstić information content (AvgIpc) is 2.69. The fraction of sp³-hybridized carbons (Fsp3) is 0.750. The first-order chi connectivity index (χ1) is 8.52. The number of rotatable bonds is 7. The molecule has 0 spiro atoms. The highest BCUT2D eigenvalue weighted by Crippen LogP contribution is 2.17. The number of hydrogen-bond acceptors (Lipinski definition) is 3. The van der Waals surface area contributed by atoms with Crippen LogP contribution in [0.1, 0.15) is 39.0 Å². The summed E-state index contributed by atoms with van der Waals surface area (Å²) in [7, 11) is 0. The van der Waals surface area contributed by atoms with Gasteiger partial charge in [-0.1, -0.05) is 0 Å². The minimum atomic E-state index is -0.489. The zero-order valence-electron chi connectivity index (χ0n) is 10.8. The SMILES string of the molecule is CC(=O)NCCCC[C@@H](C(N)=O)N1CCCC1=O. The van der Waals surface area contributed by atoms with E-state index in [9.17, 15) is 14.4 Å². The number of unbranched alkanes of at least 4 members (excludes halogenated alkanes) is 1. The summed E-state index contributed by atoms with van der Waals surface area (Å²) in [5.41, 5.74) is 5.34. The van der Waals surface area contributed by atoms with Crippen LogP contribution in [0.2, 0.25) is 0 Å². The van der Waals surface area contributed by atoms with Crippen LogP contribution in [0, 0.1) is 0 Å². The van der Waals surface area contributed by atoms with Crippen molar-refractivity contribution < 1.29 is 14.4 Å². The van der Waals surface area contributed by atoms with Gasteiger partial charge in [-0.15, -0.1) is 0 Å². The fourth-order valence-corrected chi connectivity index (χ4v) is 2.18. The number of carbonyl (C=O) groups is 3. The molecule has 102 valence electrons. The summed E-state index contributed by atoms with van der Waals surface area (Å²) in [5, 5.41) is 2.69. The van der Waals surface area contributed by atoms with Gasteiger partial charge in [-0.3, -0.25) is 14.4 Å². The number of nitrogens with one attached hydrogen (secondary N) is 1. The predicted octanol–water partition coefficient (Wildman–Crippen LogP) is -0.231. The van der Waals surface area contributed by atoms with Crippen molar-refractivity contribution in [3.8, 4) is 0 Å². The van der Waals surface area contributed by atoms with E-state index in [0.717, 1.165) is 19.3 Å². The van der Waals surface area contributed by atoms with Crippen molar-refractivity contribution in [2.24, 2.45) is 5.73 Å². The van der Waals surface area contributed by atoms with Crippen molar-refractivity contribution >= 4 is 17.7 Å². The van der Waals surface area contributed by atoms with Crippen molar-refractivity contribution in [1.29, 1.82) is 0 Å². The largest absolute Gasteiger partial charge is 0.368 e. The quantitative estimate of drug-likeness (QED) is 0.615. The van der Waals surface area contributed by atoms with Crippen LogP contribution < -0.4 is 11.1 Å². The van der Waals surface area contributed by atoms with E-state index in [0.29, 0.717) is 25.9 Å². The lowest BCUT2D eigenvalue weighted by Gasteiger charge is -2.25. The molecule has 0 bridgehead atoms. The van der Waals surface area contributed by atoms with E-state index in [1.54, 1.807) is 4.90 Å². The molecule has 6 nitrogen and oxygen atoms in total. The summed E-state index contributed by atoms with van der Waals surface area (Å²) in [5.74, 6) is -0.485. The fourth-order valence-electron chi connectivity index (χ4n) is 2.18. The molecule has 1 atom stereocenters. The lowest BCUT2D eigenvalue weighted by Crippen LogP contribution is -2.45. The number of nitrogens with zero attached hydrogens (tertiary/aromatic N) is 1. The van der Waals surface area contributed by atoms with E-state index in [4.69, 9.17) is 5.73 Å². The maximum atomic E-state index is 11.6. The molecule has 1 rings (SSSR count). The highest BCUT2D eigenvalue weighted by Gasteiger charge is 2.30. The normalized spacial score (nSPS) is 16.7. The monoisotopic (exact) mass is 255 g/mol. The van der Waals surface area contributed by atoms with E-state index in [1.807, 2.05) is 0 Å². The van der Waals surface area contributed by atoms with Gasteiger partial charge < -0.3 is 16.0 Å². The summed E-state index contributed by atoms with van der Waals surface area (Å²) in [6, 6.07) is -0.489. The van der Waals surface area contributed by atoms with Crippen LogP contribution in [0.25, 0.3) is 0 Å². The Labute approximate surface area is 107 Å². The molecular formula is C12H21N3O3. The number of hydrogen-bond donors (Lipinski definition) is 2. The lowest BCUT2D eigenvalue weighted by molar-refractivity contribution is -0.136. The Kier molecular flexibility index (Phi) is 5.61. The maximum Gasteiger partial charge on any atom is 0.240 e. The molecule has 1 heterocycles. The maximum absolute atomic E-state index is 11.6. The number of primary amides is 1. The van der Waals surface area contributed by atoms with Crippen LogP contribution in [0.5, 0.6) is 0 Å². The molecule has 3 amide bonds. The van der Waals surface area contributed by atoms with Gasteiger partial charge in [0.25, 0.3) is 0 Å². The topological polar surface area (TPSA) is 92.5 Å². The van der Waals surface area contributed by atoms with Crippen LogP contribution in [-0.4, -0.2) is 41.8 Å². The Hall–Kier alpha value is -1.59. The van der Waals surface area contributed by atoms with Crippen molar-refractivity contribution in [3.05, 3.63) is 0 Å². The van der Waals surface area contributed by atoms with E-state index >= 15 is 0 Å². The Morgan fingerprint density at radius 3 is 2.67 bits per heavy atom. The first-order valence-electron chi connectivity index (χ1n) is 6.35. The summed E-state index contributed by atoms with van der Waals surface area (Å²) in [6.45, 7) is 2.68. The van der Waals surface area contributed by atoms with E-state index in [1.165, 1.54) is 6.92 Å². The molecule has 6 heteroatoms. The van der Waals surface area contributed by atoms with Gasteiger partial charge in [-0.2, -0.15) is 0 Å². The molecule has 0 unspecified atom stereocenters. The zero-order chi connectivity index (χ0) is 13.5. The number of likely N-dealkylation sites (tertiary alicyclic amines) is 1. The summed E-state index contributed by atoms with van der Waals surface area (Å²) >= 11 is 0. The Balaban J connectivity index is 2.32. The van der Waals surface area contributed by atoms with Gasteiger partial charge in [0.05, 0.1) is 0 Å². The third-order valence-electron chi connectivity index (χ3n) is 3.09. The van der Waals surface area contributed by atoms with Crippen molar-refractivity contribution in [3.63, 3.8) is 0 Å². The average molecular weight is 255 g/mol. The summed E-state index contributed by atoms with van der Waals surface area (Å²) in [4.78, 5) is 35.2. The number of carbonyl (C=O) groups excluding carboxylic acids is 3. The van der Waals surface area contributed by atoms with Crippen LogP contribution in [-0.2, 0) is 14.4 Å². The Morgan fingerprint density at radius 2 is 2.17 bits per heavy atom.